The number of ether oxygens (including phenoxy) is 2. The molecule has 0 aliphatic carbocycles. The summed E-state index contributed by atoms with van der Waals surface area (Å²) in [5.41, 5.74) is -0.266. The molecule has 0 fully saturated rings. The van der Waals surface area contributed by atoms with Gasteiger partial charge >= 0.3 is 6.18 Å². The van der Waals surface area contributed by atoms with Gasteiger partial charge in [0.25, 0.3) is 5.91 Å². The van der Waals surface area contributed by atoms with Crippen molar-refractivity contribution >= 4 is 5.91 Å². The fourth-order valence-corrected chi connectivity index (χ4v) is 2.29. The highest BCUT2D eigenvalue weighted by Crippen LogP contribution is 2.32. The number of hydrogen-bond acceptors (Lipinski definition) is 4. The van der Waals surface area contributed by atoms with Crippen molar-refractivity contribution in [2.45, 2.75) is 33.0 Å². The van der Waals surface area contributed by atoms with Gasteiger partial charge in [0.15, 0.2) is 23.8 Å². The molecule has 0 saturated carbocycles. The molecule has 1 N–H and O–H groups in total. The van der Waals surface area contributed by atoms with Crippen LogP contribution in [-0.2, 0) is 11.0 Å². The maximum Gasteiger partial charge on any atom is 0.435 e. The van der Waals surface area contributed by atoms with Crippen LogP contribution in [-0.4, -0.2) is 35.4 Å². The van der Waals surface area contributed by atoms with Gasteiger partial charge in [0.1, 0.15) is 0 Å². The number of benzene rings is 1. The van der Waals surface area contributed by atoms with E-state index >= 15 is 0 Å². The predicted octanol–water partition coefficient (Wildman–Crippen LogP) is 3.11. The lowest BCUT2D eigenvalue weighted by Gasteiger charge is -2.14. The Balaban J connectivity index is 2.23. The van der Waals surface area contributed by atoms with E-state index in [1.165, 1.54) is 30.8 Å². The third kappa shape index (κ3) is 4.68. The molecule has 1 heterocycles. The first kappa shape index (κ1) is 19.6. The van der Waals surface area contributed by atoms with E-state index in [1.807, 2.05) is 13.8 Å². The zero-order valence-corrected chi connectivity index (χ0v) is 14.8. The van der Waals surface area contributed by atoms with Crippen LogP contribution in [0.3, 0.4) is 0 Å². The maximum atomic E-state index is 12.8. The second kappa shape index (κ2) is 7.67. The average Bonchev–Trinajstić information content (AvgIpc) is 2.94. The van der Waals surface area contributed by atoms with E-state index < -0.39 is 11.9 Å². The van der Waals surface area contributed by atoms with E-state index in [0.29, 0.717) is 17.1 Å². The third-order valence-corrected chi connectivity index (χ3v) is 3.38. The molecule has 0 radical (unpaired) electrons. The highest BCUT2D eigenvalue weighted by Gasteiger charge is 2.34. The molecule has 0 atom stereocenters. The first-order chi connectivity index (χ1) is 12.1. The number of aromatic nitrogens is 2. The summed E-state index contributed by atoms with van der Waals surface area (Å²) in [6, 6.07) is 5.51. The SMILES string of the molecule is COc1cc(-n2nc(C(F)(F)F)cc2C)ccc1OCC(=O)NC(C)C. The number of hydrogen-bond donors (Lipinski definition) is 1. The van der Waals surface area contributed by atoms with Crippen molar-refractivity contribution in [3.05, 3.63) is 35.7 Å². The molecule has 1 amide bonds. The fourth-order valence-electron chi connectivity index (χ4n) is 2.29. The standard InChI is InChI=1S/C17H20F3N3O3/c1-10(2)21-16(24)9-26-13-6-5-12(8-14(13)25-4)23-11(3)7-15(22-23)17(18,19)20/h5-8,10H,9H2,1-4H3,(H,21,24). The van der Waals surface area contributed by atoms with Crippen molar-refractivity contribution in [1.82, 2.24) is 15.1 Å². The Labute approximate surface area is 148 Å². The minimum Gasteiger partial charge on any atom is -0.493 e. The summed E-state index contributed by atoms with van der Waals surface area (Å²) >= 11 is 0. The van der Waals surface area contributed by atoms with Gasteiger partial charge in [-0.3, -0.25) is 4.79 Å². The van der Waals surface area contributed by atoms with Crippen LogP contribution in [0, 0.1) is 6.92 Å². The van der Waals surface area contributed by atoms with E-state index in [1.54, 1.807) is 6.07 Å². The maximum absolute atomic E-state index is 12.8. The van der Waals surface area contributed by atoms with Gasteiger partial charge in [-0.1, -0.05) is 0 Å². The van der Waals surface area contributed by atoms with Gasteiger partial charge in [-0.05, 0) is 39.0 Å². The lowest BCUT2D eigenvalue weighted by molar-refractivity contribution is -0.141. The molecule has 142 valence electrons. The van der Waals surface area contributed by atoms with Crippen molar-refractivity contribution in [2.24, 2.45) is 0 Å². The van der Waals surface area contributed by atoms with Gasteiger partial charge < -0.3 is 14.8 Å². The summed E-state index contributed by atoms with van der Waals surface area (Å²) in [7, 11) is 1.40. The van der Waals surface area contributed by atoms with Crippen LogP contribution in [0.2, 0.25) is 0 Å². The molecular formula is C17H20F3N3O3. The number of halogens is 3. The smallest absolute Gasteiger partial charge is 0.435 e. The summed E-state index contributed by atoms with van der Waals surface area (Å²) in [6.07, 6.45) is -4.52. The minimum atomic E-state index is -4.52. The third-order valence-electron chi connectivity index (χ3n) is 3.38. The van der Waals surface area contributed by atoms with Gasteiger partial charge in [-0.25, -0.2) is 4.68 Å². The molecule has 0 spiro atoms. The molecule has 2 aromatic rings. The molecule has 0 bridgehead atoms. The number of carbonyl (C=O) groups excluding carboxylic acids is 1. The number of nitrogens with zero attached hydrogens (tertiary/aromatic N) is 2. The molecule has 0 unspecified atom stereocenters. The predicted molar refractivity (Wildman–Crippen MR) is 88.6 cm³/mol. The van der Waals surface area contributed by atoms with Gasteiger partial charge in [0.2, 0.25) is 0 Å². The molecule has 1 aromatic carbocycles. The van der Waals surface area contributed by atoms with E-state index in [-0.39, 0.29) is 24.3 Å². The number of rotatable bonds is 6. The van der Waals surface area contributed by atoms with Gasteiger partial charge in [-0.2, -0.15) is 18.3 Å². The number of amides is 1. The number of alkyl halides is 3. The Morgan fingerprint density at radius 3 is 2.50 bits per heavy atom. The van der Waals surface area contributed by atoms with Gasteiger partial charge in [0, 0.05) is 17.8 Å². The molecule has 1 aromatic heterocycles. The Morgan fingerprint density at radius 1 is 1.27 bits per heavy atom. The van der Waals surface area contributed by atoms with Crippen LogP contribution in [0.1, 0.15) is 25.2 Å². The van der Waals surface area contributed by atoms with Crippen LogP contribution in [0.4, 0.5) is 13.2 Å². The number of aryl methyl sites for hydroxylation is 1. The molecular weight excluding hydrogens is 351 g/mol. The summed E-state index contributed by atoms with van der Waals surface area (Å²) in [5.74, 6) is 0.295. The molecule has 9 heteroatoms. The first-order valence-corrected chi connectivity index (χ1v) is 7.86. The minimum absolute atomic E-state index is 0.0130. The normalized spacial score (nSPS) is 11.5. The molecule has 6 nitrogen and oxygen atoms in total. The second-order valence-electron chi connectivity index (χ2n) is 5.93. The Kier molecular flexibility index (Phi) is 5.79. The quantitative estimate of drug-likeness (QED) is 0.847. The van der Waals surface area contributed by atoms with Gasteiger partial charge in [0.05, 0.1) is 12.8 Å². The molecule has 26 heavy (non-hydrogen) atoms. The van der Waals surface area contributed by atoms with E-state index in [9.17, 15) is 18.0 Å². The molecule has 2 rings (SSSR count). The Hall–Kier alpha value is -2.71. The second-order valence-corrected chi connectivity index (χ2v) is 5.93. The monoisotopic (exact) mass is 371 g/mol. The van der Waals surface area contributed by atoms with E-state index in [2.05, 4.69) is 10.4 Å². The van der Waals surface area contributed by atoms with Crippen molar-refractivity contribution in [1.29, 1.82) is 0 Å². The fraction of sp³-hybridized carbons (Fsp3) is 0.412. The number of methoxy groups -OCH3 is 1. The largest absolute Gasteiger partial charge is 0.493 e. The van der Waals surface area contributed by atoms with Crippen LogP contribution in [0.5, 0.6) is 11.5 Å². The molecule has 0 aliphatic rings. The Morgan fingerprint density at radius 2 is 1.96 bits per heavy atom. The Bertz CT molecular complexity index is 785. The molecule has 0 saturated heterocycles. The summed E-state index contributed by atoms with van der Waals surface area (Å²) in [5, 5.41) is 6.28. The number of carbonyl (C=O) groups is 1. The van der Waals surface area contributed by atoms with Crippen molar-refractivity contribution in [2.75, 3.05) is 13.7 Å². The summed E-state index contributed by atoms with van der Waals surface area (Å²) in [4.78, 5) is 11.7. The van der Waals surface area contributed by atoms with E-state index in [0.717, 1.165) is 6.07 Å². The zero-order chi connectivity index (χ0) is 19.5. The summed E-state index contributed by atoms with van der Waals surface area (Å²) in [6.45, 7) is 4.98. The van der Waals surface area contributed by atoms with Crippen LogP contribution >= 0.6 is 0 Å². The van der Waals surface area contributed by atoms with Crippen molar-refractivity contribution in [3.63, 3.8) is 0 Å². The van der Waals surface area contributed by atoms with Gasteiger partial charge in [-0.15, -0.1) is 0 Å². The summed E-state index contributed by atoms with van der Waals surface area (Å²) < 4.78 is 50.3. The van der Waals surface area contributed by atoms with Crippen molar-refractivity contribution in [3.8, 4) is 17.2 Å². The van der Waals surface area contributed by atoms with Crippen LogP contribution in [0.25, 0.3) is 5.69 Å². The lowest BCUT2D eigenvalue weighted by Crippen LogP contribution is -2.34. The van der Waals surface area contributed by atoms with Crippen LogP contribution < -0.4 is 14.8 Å². The zero-order valence-electron chi connectivity index (χ0n) is 14.8. The highest BCUT2D eigenvalue weighted by atomic mass is 19.4. The lowest BCUT2D eigenvalue weighted by atomic mass is 10.2. The highest BCUT2D eigenvalue weighted by molar-refractivity contribution is 5.77. The topological polar surface area (TPSA) is 65.4 Å². The number of nitrogens with one attached hydrogen (secondary N) is 1. The van der Waals surface area contributed by atoms with E-state index in [4.69, 9.17) is 9.47 Å². The first-order valence-electron chi connectivity index (χ1n) is 7.86. The van der Waals surface area contributed by atoms with Crippen LogP contribution in [0.15, 0.2) is 24.3 Å². The average molecular weight is 371 g/mol. The van der Waals surface area contributed by atoms with Crippen molar-refractivity contribution < 1.29 is 27.4 Å². The molecule has 0 aliphatic heterocycles.